The highest BCUT2D eigenvalue weighted by Gasteiger charge is 2.24. The summed E-state index contributed by atoms with van der Waals surface area (Å²) < 4.78 is 0. The molecule has 3 N–H and O–H groups in total. The molecule has 0 amide bonds. The van der Waals surface area contributed by atoms with Gasteiger partial charge in [0.15, 0.2) is 5.16 Å². The van der Waals surface area contributed by atoms with Gasteiger partial charge in [0.05, 0.1) is 16.0 Å². The van der Waals surface area contributed by atoms with Gasteiger partial charge in [-0.25, -0.2) is 15.0 Å². The first-order chi connectivity index (χ1) is 14.3. The molecule has 9 heteroatoms. The molecule has 30 heavy (non-hydrogen) atoms. The van der Waals surface area contributed by atoms with Crippen LogP contribution >= 0.6 is 34.4 Å². The Hall–Kier alpha value is -1.97. The minimum absolute atomic E-state index is 0.0831. The fourth-order valence-electron chi connectivity index (χ4n) is 4.08. The Morgan fingerprint density at radius 2 is 1.93 bits per heavy atom. The third kappa shape index (κ3) is 3.23. The lowest BCUT2D eigenvalue weighted by Crippen LogP contribution is -2.12. The molecule has 2 unspecified atom stereocenters. The molecule has 0 saturated heterocycles. The first-order valence-corrected chi connectivity index (χ1v) is 12.6. The van der Waals surface area contributed by atoms with Crippen LogP contribution in [0.15, 0.2) is 9.95 Å². The van der Waals surface area contributed by atoms with E-state index in [1.165, 1.54) is 28.6 Å². The van der Waals surface area contributed by atoms with Crippen LogP contribution in [0, 0.1) is 19.8 Å². The Kier molecular flexibility index (Phi) is 4.87. The average molecular weight is 458 g/mol. The normalized spacial score (nSPS) is 17.5. The summed E-state index contributed by atoms with van der Waals surface area (Å²) in [6.07, 6.45) is 3.34. The van der Waals surface area contributed by atoms with Crippen molar-refractivity contribution in [2.75, 3.05) is 5.73 Å². The second kappa shape index (κ2) is 7.32. The number of H-pyrrole nitrogens is 1. The van der Waals surface area contributed by atoms with Gasteiger partial charge in [0.25, 0.3) is 5.56 Å². The Morgan fingerprint density at radius 3 is 2.73 bits per heavy atom. The van der Waals surface area contributed by atoms with Gasteiger partial charge in [-0.15, -0.1) is 22.7 Å². The number of nitrogens with zero attached hydrogens (tertiary/aromatic N) is 3. The fraction of sp³-hybridized carbons (Fsp3) is 0.429. The van der Waals surface area contributed by atoms with Crippen LogP contribution in [-0.2, 0) is 12.8 Å². The van der Waals surface area contributed by atoms with Crippen molar-refractivity contribution in [1.29, 1.82) is 0 Å². The average Bonchev–Trinajstić information content (AvgIpc) is 3.18. The zero-order chi connectivity index (χ0) is 21.2. The van der Waals surface area contributed by atoms with E-state index >= 15 is 0 Å². The van der Waals surface area contributed by atoms with Crippen molar-refractivity contribution in [2.24, 2.45) is 5.92 Å². The lowest BCUT2D eigenvalue weighted by Gasteiger charge is -2.17. The second-order valence-electron chi connectivity index (χ2n) is 8.10. The number of nitrogens with one attached hydrogen (secondary N) is 1. The van der Waals surface area contributed by atoms with E-state index in [1.807, 2.05) is 20.8 Å². The van der Waals surface area contributed by atoms with E-state index in [-0.39, 0.29) is 10.8 Å². The highest BCUT2D eigenvalue weighted by atomic mass is 32.2. The molecule has 4 aromatic heterocycles. The molecule has 5 rings (SSSR count). The van der Waals surface area contributed by atoms with Gasteiger partial charge in [0.2, 0.25) is 0 Å². The summed E-state index contributed by atoms with van der Waals surface area (Å²) in [7, 11) is 0. The molecule has 0 aromatic carbocycles. The molecule has 0 saturated carbocycles. The maximum absolute atomic E-state index is 12.6. The van der Waals surface area contributed by atoms with Crippen LogP contribution in [0.4, 0.5) is 5.82 Å². The smallest absolute Gasteiger partial charge is 0.259 e. The lowest BCUT2D eigenvalue weighted by atomic mass is 9.89. The van der Waals surface area contributed by atoms with Gasteiger partial charge in [-0.2, -0.15) is 0 Å². The number of nitrogen functional groups attached to an aromatic ring is 1. The van der Waals surface area contributed by atoms with E-state index in [1.54, 1.807) is 22.7 Å². The number of aromatic nitrogens is 4. The highest BCUT2D eigenvalue weighted by Crippen LogP contribution is 2.41. The standard InChI is InChI=1S/C21H23N5OS3/c1-8-5-6-12-13(7-8)30-20-15(12)16(22)23-21(26-20)29-11(4)17-24-18(27)14-9(2)10(3)28-19(14)25-17/h8,11H,5-7H2,1-4H3,(H2,22,23,26)(H,24,25,27). The van der Waals surface area contributed by atoms with E-state index in [0.29, 0.717) is 28.1 Å². The largest absolute Gasteiger partial charge is 0.383 e. The molecule has 156 valence electrons. The molecule has 0 radical (unpaired) electrons. The van der Waals surface area contributed by atoms with E-state index < -0.39 is 0 Å². The van der Waals surface area contributed by atoms with Gasteiger partial charge < -0.3 is 10.7 Å². The monoisotopic (exact) mass is 457 g/mol. The number of aryl methyl sites for hydroxylation is 3. The molecule has 1 aliphatic rings. The summed E-state index contributed by atoms with van der Waals surface area (Å²) in [5.41, 5.74) is 8.63. The predicted octanol–water partition coefficient (Wildman–Crippen LogP) is 5.17. The number of aromatic amines is 1. The quantitative estimate of drug-likeness (QED) is 0.325. The van der Waals surface area contributed by atoms with Gasteiger partial charge >= 0.3 is 0 Å². The van der Waals surface area contributed by atoms with Gasteiger partial charge in [-0.05, 0) is 57.1 Å². The second-order valence-corrected chi connectivity index (χ2v) is 11.7. The number of rotatable bonds is 3. The number of hydrogen-bond acceptors (Lipinski definition) is 8. The Bertz CT molecular complexity index is 1350. The predicted molar refractivity (Wildman–Crippen MR) is 127 cm³/mol. The third-order valence-electron chi connectivity index (χ3n) is 5.89. The summed E-state index contributed by atoms with van der Waals surface area (Å²) in [6.45, 7) is 8.29. The van der Waals surface area contributed by atoms with E-state index in [9.17, 15) is 4.79 Å². The maximum Gasteiger partial charge on any atom is 0.259 e. The molecule has 1 aliphatic carbocycles. The molecule has 6 nitrogen and oxygen atoms in total. The molecular formula is C21H23N5OS3. The van der Waals surface area contributed by atoms with Gasteiger partial charge in [0, 0.05) is 9.75 Å². The topological polar surface area (TPSA) is 97.5 Å². The van der Waals surface area contributed by atoms with Crippen LogP contribution in [0.25, 0.3) is 20.4 Å². The SMILES string of the molecule is Cc1sc2nc(C(C)Sc3nc(N)c4c5c(sc4n3)CC(C)CC5)[nH]c(=O)c2c1C. The van der Waals surface area contributed by atoms with Gasteiger partial charge in [-0.3, -0.25) is 4.79 Å². The molecule has 0 spiro atoms. The Labute approximate surface area is 186 Å². The first-order valence-electron chi connectivity index (χ1n) is 10.1. The number of anilines is 1. The molecule has 0 fully saturated rings. The summed E-state index contributed by atoms with van der Waals surface area (Å²) >= 11 is 4.78. The van der Waals surface area contributed by atoms with Crippen LogP contribution in [-0.4, -0.2) is 19.9 Å². The van der Waals surface area contributed by atoms with Crippen LogP contribution in [0.3, 0.4) is 0 Å². The van der Waals surface area contributed by atoms with Crippen LogP contribution in [0.2, 0.25) is 0 Å². The number of thiophene rings is 2. The first kappa shape index (κ1) is 20.0. The van der Waals surface area contributed by atoms with Crippen molar-refractivity contribution in [1.82, 2.24) is 19.9 Å². The van der Waals surface area contributed by atoms with E-state index in [0.717, 1.165) is 38.3 Å². The highest BCUT2D eigenvalue weighted by molar-refractivity contribution is 7.99. The summed E-state index contributed by atoms with van der Waals surface area (Å²) in [5, 5.41) is 2.26. The third-order valence-corrected chi connectivity index (χ3v) is 9.11. The molecule has 2 atom stereocenters. The Balaban J connectivity index is 1.50. The van der Waals surface area contributed by atoms with Crippen molar-refractivity contribution in [3.05, 3.63) is 37.1 Å². The minimum atomic E-state index is -0.101. The zero-order valence-corrected chi connectivity index (χ0v) is 19.8. The number of fused-ring (bicyclic) bond motifs is 4. The summed E-state index contributed by atoms with van der Waals surface area (Å²) in [4.78, 5) is 34.0. The van der Waals surface area contributed by atoms with Gasteiger partial charge in [0.1, 0.15) is 21.3 Å². The van der Waals surface area contributed by atoms with E-state index in [4.69, 9.17) is 15.7 Å². The van der Waals surface area contributed by atoms with Crippen molar-refractivity contribution < 1.29 is 0 Å². The zero-order valence-electron chi connectivity index (χ0n) is 17.3. The number of nitrogens with two attached hydrogens (primary N) is 1. The molecule has 4 aromatic rings. The number of hydrogen-bond donors (Lipinski definition) is 2. The fourth-order valence-corrected chi connectivity index (χ4v) is 7.40. The minimum Gasteiger partial charge on any atom is -0.383 e. The summed E-state index contributed by atoms with van der Waals surface area (Å²) in [6, 6.07) is 0. The maximum atomic E-state index is 12.6. The van der Waals surface area contributed by atoms with Crippen molar-refractivity contribution >= 4 is 60.7 Å². The lowest BCUT2D eigenvalue weighted by molar-refractivity contribution is 0.509. The molecular weight excluding hydrogens is 434 g/mol. The van der Waals surface area contributed by atoms with Crippen LogP contribution < -0.4 is 11.3 Å². The van der Waals surface area contributed by atoms with E-state index in [2.05, 4.69) is 16.9 Å². The summed E-state index contributed by atoms with van der Waals surface area (Å²) in [5.74, 6) is 1.90. The molecule has 0 bridgehead atoms. The van der Waals surface area contributed by atoms with Crippen LogP contribution in [0.5, 0.6) is 0 Å². The molecule has 0 aliphatic heterocycles. The van der Waals surface area contributed by atoms with Crippen LogP contribution in [0.1, 0.15) is 52.2 Å². The Morgan fingerprint density at radius 1 is 1.17 bits per heavy atom. The molecule has 4 heterocycles. The van der Waals surface area contributed by atoms with Crippen molar-refractivity contribution in [3.8, 4) is 0 Å². The van der Waals surface area contributed by atoms with Crippen molar-refractivity contribution in [2.45, 2.75) is 57.4 Å². The van der Waals surface area contributed by atoms with Crippen molar-refractivity contribution in [3.63, 3.8) is 0 Å². The van der Waals surface area contributed by atoms with Gasteiger partial charge in [-0.1, -0.05) is 18.7 Å². The number of thioether (sulfide) groups is 1.